The summed E-state index contributed by atoms with van der Waals surface area (Å²) in [5.41, 5.74) is 5.42. The molecule has 6 nitrogen and oxygen atoms in total. The van der Waals surface area contributed by atoms with Gasteiger partial charge in [-0.2, -0.15) is 0 Å². The van der Waals surface area contributed by atoms with E-state index in [0.29, 0.717) is 23.8 Å². The number of anilines is 1. The Morgan fingerprint density at radius 1 is 1.65 bits per heavy atom. The summed E-state index contributed by atoms with van der Waals surface area (Å²) in [6, 6.07) is 1.70. The van der Waals surface area contributed by atoms with Crippen LogP contribution in [0.4, 0.5) is 5.82 Å². The molecule has 1 aromatic heterocycles. The minimum atomic E-state index is -0.561. The van der Waals surface area contributed by atoms with Gasteiger partial charge in [-0.05, 0) is 6.07 Å². The van der Waals surface area contributed by atoms with Gasteiger partial charge < -0.3 is 15.4 Å². The molecule has 0 aliphatic rings. The highest BCUT2D eigenvalue weighted by Gasteiger charge is 2.11. The molecule has 0 saturated heterocycles. The fourth-order valence-corrected chi connectivity index (χ4v) is 1.24. The van der Waals surface area contributed by atoms with Gasteiger partial charge in [-0.1, -0.05) is 12.2 Å². The molecule has 1 rings (SSSR count). The van der Waals surface area contributed by atoms with E-state index in [0.717, 1.165) is 0 Å². The highest BCUT2D eigenvalue weighted by molar-refractivity contribution is 7.80. The molecule has 1 aromatic rings. The Labute approximate surface area is 105 Å². The van der Waals surface area contributed by atoms with Crippen molar-refractivity contribution in [3.05, 3.63) is 18.1 Å². The summed E-state index contributed by atoms with van der Waals surface area (Å²) in [5, 5.41) is 0. The number of carbonyl (C=O) groups excluding carboxylic acids is 1. The third-order valence-electron chi connectivity index (χ3n) is 2.09. The quantitative estimate of drug-likeness (QED) is 0.600. The van der Waals surface area contributed by atoms with Crippen molar-refractivity contribution in [2.75, 3.05) is 25.6 Å². The molecule has 2 N–H and O–H groups in total. The van der Waals surface area contributed by atoms with Crippen LogP contribution in [0.5, 0.6) is 0 Å². The van der Waals surface area contributed by atoms with Gasteiger partial charge in [0.1, 0.15) is 5.82 Å². The molecule has 1 heterocycles. The lowest BCUT2D eigenvalue weighted by Gasteiger charge is -2.17. The van der Waals surface area contributed by atoms with E-state index in [1.807, 2.05) is 11.9 Å². The lowest BCUT2D eigenvalue weighted by molar-refractivity contribution is 0.0587. The second kappa shape index (κ2) is 6.09. The first kappa shape index (κ1) is 13.3. The van der Waals surface area contributed by atoms with Gasteiger partial charge in [-0.3, -0.25) is 0 Å². The molecule has 0 aromatic carbocycles. The second-order valence-electron chi connectivity index (χ2n) is 3.37. The molecule has 0 bridgehead atoms. The van der Waals surface area contributed by atoms with Gasteiger partial charge in [0, 0.05) is 26.2 Å². The summed E-state index contributed by atoms with van der Waals surface area (Å²) < 4.78 is 4.55. The Morgan fingerprint density at radius 3 is 2.94 bits per heavy atom. The third kappa shape index (κ3) is 3.95. The van der Waals surface area contributed by atoms with Crippen molar-refractivity contribution in [2.24, 2.45) is 5.73 Å². The zero-order chi connectivity index (χ0) is 12.8. The lowest BCUT2D eigenvalue weighted by Crippen LogP contribution is -2.24. The van der Waals surface area contributed by atoms with E-state index < -0.39 is 5.97 Å². The summed E-state index contributed by atoms with van der Waals surface area (Å²) >= 11 is 4.79. The maximum atomic E-state index is 11.2. The van der Waals surface area contributed by atoms with Gasteiger partial charge in [0.2, 0.25) is 5.82 Å². The number of hydrogen-bond acceptors (Lipinski definition) is 6. The number of methoxy groups -OCH3 is 1. The number of thiocarbonyl (C=S) groups is 1. The van der Waals surface area contributed by atoms with Crippen LogP contribution < -0.4 is 10.6 Å². The Kier molecular flexibility index (Phi) is 4.77. The molecule has 0 unspecified atom stereocenters. The first-order chi connectivity index (χ1) is 8.04. The molecule has 92 valence electrons. The van der Waals surface area contributed by atoms with Crippen molar-refractivity contribution >= 4 is 29.0 Å². The average molecular weight is 254 g/mol. The molecule has 0 aliphatic heterocycles. The van der Waals surface area contributed by atoms with E-state index in [4.69, 9.17) is 18.0 Å². The number of nitrogens with two attached hydrogens (primary N) is 1. The first-order valence-electron chi connectivity index (χ1n) is 4.95. The summed E-state index contributed by atoms with van der Waals surface area (Å²) in [4.78, 5) is 21.4. The first-order valence-corrected chi connectivity index (χ1v) is 5.36. The Bertz CT molecular complexity index is 425. The van der Waals surface area contributed by atoms with Crippen LogP contribution in [0.2, 0.25) is 0 Å². The fourth-order valence-electron chi connectivity index (χ4n) is 1.14. The molecule has 0 atom stereocenters. The number of rotatable bonds is 5. The highest BCUT2D eigenvalue weighted by atomic mass is 32.1. The number of hydrogen-bond donors (Lipinski definition) is 1. The molecule has 0 amide bonds. The number of esters is 1. The molecule has 7 heteroatoms. The van der Waals surface area contributed by atoms with Crippen LogP contribution >= 0.6 is 12.2 Å². The lowest BCUT2D eigenvalue weighted by atomic mass is 10.4. The SMILES string of the molecule is COC(=O)c1nccc(N(C)CCC(N)=S)n1. The van der Waals surface area contributed by atoms with Crippen molar-refractivity contribution in [3.63, 3.8) is 0 Å². The van der Waals surface area contributed by atoms with E-state index in [-0.39, 0.29) is 5.82 Å². The van der Waals surface area contributed by atoms with E-state index in [1.54, 1.807) is 6.07 Å². The molecule has 0 radical (unpaired) electrons. The van der Waals surface area contributed by atoms with E-state index in [1.165, 1.54) is 13.3 Å². The number of aromatic nitrogens is 2. The van der Waals surface area contributed by atoms with E-state index >= 15 is 0 Å². The van der Waals surface area contributed by atoms with Crippen molar-refractivity contribution in [1.29, 1.82) is 0 Å². The van der Waals surface area contributed by atoms with Crippen molar-refractivity contribution in [3.8, 4) is 0 Å². The van der Waals surface area contributed by atoms with Crippen LogP contribution in [-0.4, -0.2) is 41.6 Å². The van der Waals surface area contributed by atoms with Gasteiger partial charge in [0.15, 0.2) is 0 Å². The van der Waals surface area contributed by atoms with Gasteiger partial charge in [0.25, 0.3) is 0 Å². The second-order valence-corrected chi connectivity index (χ2v) is 3.89. The monoisotopic (exact) mass is 254 g/mol. The van der Waals surface area contributed by atoms with Crippen LogP contribution in [0, 0.1) is 0 Å². The van der Waals surface area contributed by atoms with Gasteiger partial charge in [-0.15, -0.1) is 0 Å². The van der Waals surface area contributed by atoms with Crippen LogP contribution in [0.1, 0.15) is 17.0 Å². The normalized spacial score (nSPS) is 9.76. The van der Waals surface area contributed by atoms with Crippen LogP contribution in [0.3, 0.4) is 0 Å². The van der Waals surface area contributed by atoms with Crippen molar-refractivity contribution in [1.82, 2.24) is 9.97 Å². The standard InChI is InChI=1S/C10H14N4O2S/c1-14(6-4-7(11)17)8-3-5-12-9(13-8)10(15)16-2/h3,5H,4,6H2,1-2H3,(H2,11,17). The minimum Gasteiger partial charge on any atom is -0.463 e. The Hall–Kier alpha value is -1.76. The highest BCUT2D eigenvalue weighted by Crippen LogP contribution is 2.08. The predicted octanol–water partition coefficient (Wildman–Crippen LogP) is 0.376. The summed E-state index contributed by atoms with van der Waals surface area (Å²) in [7, 11) is 3.12. The molecule has 17 heavy (non-hydrogen) atoms. The molecule has 0 aliphatic carbocycles. The smallest absolute Gasteiger partial charge is 0.376 e. The Balaban J connectivity index is 2.76. The zero-order valence-corrected chi connectivity index (χ0v) is 10.5. The molecule has 0 saturated carbocycles. The predicted molar refractivity (Wildman–Crippen MR) is 68.0 cm³/mol. The number of ether oxygens (including phenoxy) is 1. The molecule has 0 fully saturated rings. The third-order valence-corrected chi connectivity index (χ3v) is 2.30. The molecular formula is C10H14N4O2S. The van der Waals surface area contributed by atoms with Crippen molar-refractivity contribution in [2.45, 2.75) is 6.42 Å². The van der Waals surface area contributed by atoms with E-state index in [9.17, 15) is 4.79 Å². The van der Waals surface area contributed by atoms with Gasteiger partial charge >= 0.3 is 5.97 Å². The maximum absolute atomic E-state index is 11.2. The van der Waals surface area contributed by atoms with Crippen LogP contribution in [0.25, 0.3) is 0 Å². The molecule has 0 spiro atoms. The zero-order valence-electron chi connectivity index (χ0n) is 9.71. The fraction of sp³-hybridized carbons (Fsp3) is 0.400. The van der Waals surface area contributed by atoms with Crippen molar-refractivity contribution < 1.29 is 9.53 Å². The van der Waals surface area contributed by atoms with Gasteiger partial charge in [0.05, 0.1) is 12.1 Å². The summed E-state index contributed by atoms with van der Waals surface area (Å²) in [6.45, 7) is 0.632. The summed E-state index contributed by atoms with van der Waals surface area (Å²) in [5.74, 6) is 0.0958. The van der Waals surface area contributed by atoms with E-state index in [2.05, 4.69) is 14.7 Å². The number of nitrogens with zero attached hydrogens (tertiary/aromatic N) is 3. The topological polar surface area (TPSA) is 81.3 Å². The van der Waals surface area contributed by atoms with Gasteiger partial charge in [-0.25, -0.2) is 14.8 Å². The average Bonchev–Trinajstić information content (AvgIpc) is 2.35. The summed E-state index contributed by atoms with van der Waals surface area (Å²) in [6.07, 6.45) is 2.09. The number of carbonyl (C=O) groups is 1. The van der Waals surface area contributed by atoms with Crippen LogP contribution in [-0.2, 0) is 4.74 Å². The van der Waals surface area contributed by atoms with Crippen LogP contribution in [0.15, 0.2) is 12.3 Å². The largest absolute Gasteiger partial charge is 0.463 e. The minimum absolute atomic E-state index is 0.0344. The molecular weight excluding hydrogens is 240 g/mol. The Morgan fingerprint density at radius 2 is 2.35 bits per heavy atom. The maximum Gasteiger partial charge on any atom is 0.376 e.